The molecule has 2 rings (SSSR count). The van der Waals surface area contributed by atoms with Crippen molar-refractivity contribution < 1.29 is 8.42 Å². The Morgan fingerprint density at radius 1 is 1.33 bits per heavy atom. The van der Waals surface area contributed by atoms with Gasteiger partial charge in [0.15, 0.2) is 0 Å². The van der Waals surface area contributed by atoms with Crippen molar-refractivity contribution in [2.45, 2.75) is 30.2 Å². The Morgan fingerprint density at radius 3 is 2.60 bits per heavy atom. The molecule has 1 aliphatic rings. The van der Waals surface area contributed by atoms with Gasteiger partial charge in [0.1, 0.15) is 0 Å². The molecule has 1 N–H and O–H groups in total. The van der Waals surface area contributed by atoms with E-state index < -0.39 is 10.0 Å². The summed E-state index contributed by atoms with van der Waals surface area (Å²) >= 11 is 3.26. The summed E-state index contributed by atoms with van der Waals surface area (Å²) in [6.07, 6.45) is 3.02. The molecule has 1 aromatic carbocycles. The molecule has 0 radical (unpaired) electrons. The van der Waals surface area contributed by atoms with E-state index in [9.17, 15) is 8.42 Å². The average Bonchev–Trinajstić information content (AvgIpc) is 2.12. The molecule has 0 heterocycles. The van der Waals surface area contributed by atoms with Gasteiger partial charge in [0.2, 0.25) is 10.0 Å². The monoisotopic (exact) mass is 289 g/mol. The fourth-order valence-electron chi connectivity index (χ4n) is 1.45. The first-order chi connectivity index (χ1) is 7.08. The summed E-state index contributed by atoms with van der Waals surface area (Å²) in [5.74, 6) is 0. The molecule has 0 aromatic heterocycles. The molecule has 0 saturated heterocycles. The highest BCUT2D eigenvalue weighted by Crippen LogP contribution is 2.22. The fourth-order valence-corrected chi connectivity index (χ4v) is 3.35. The molecule has 0 atom stereocenters. The second-order valence-electron chi connectivity index (χ2n) is 3.71. The Bertz CT molecular complexity index is 454. The van der Waals surface area contributed by atoms with Crippen LogP contribution in [0.1, 0.15) is 19.3 Å². The zero-order chi connectivity index (χ0) is 10.9. The van der Waals surface area contributed by atoms with Crippen molar-refractivity contribution in [1.29, 1.82) is 0 Å². The Labute approximate surface area is 98.1 Å². The number of benzene rings is 1. The molecule has 5 heteroatoms. The van der Waals surface area contributed by atoms with E-state index in [4.69, 9.17) is 0 Å². The average molecular weight is 290 g/mol. The number of nitrogens with one attached hydrogen (secondary N) is 1. The van der Waals surface area contributed by atoms with Crippen LogP contribution >= 0.6 is 15.9 Å². The second-order valence-corrected chi connectivity index (χ2v) is 6.34. The van der Waals surface area contributed by atoms with E-state index in [-0.39, 0.29) is 6.04 Å². The lowest BCUT2D eigenvalue weighted by atomic mass is 9.94. The van der Waals surface area contributed by atoms with Gasteiger partial charge >= 0.3 is 0 Å². The molecule has 3 nitrogen and oxygen atoms in total. The predicted octanol–water partition coefficient (Wildman–Crippen LogP) is 2.28. The van der Waals surface area contributed by atoms with Crippen molar-refractivity contribution in [3.63, 3.8) is 0 Å². The van der Waals surface area contributed by atoms with E-state index in [1.165, 1.54) is 0 Å². The molecule has 0 spiro atoms. The number of sulfonamides is 1. The Hall–Kier alpha value is -0.390. The minimum Gasteiger partial charge on any atom is -0.208 e. The highest BCUT2D eigenvalue weighted by molar-refractivity contribution is 9.10. The first-order valence-electron chi connectivity index (χ1n) is 4.86. The van der Waals surface area contributed by atoms with E-state index in [1.807, 2.05) is 6.07 Å². The first-order valence-corrected chi connectivity index (χ1v) is 7.13. The van der Waals surface area contributed by atoms with E-state index >= 15 is 0 Å². The number of rotatable bonds is 3. The van der Waals surface area contributed by atoms with Crippen LogP contribution in [0.25, 0.3) is 0 Å². The van der Waals surface area contributed by atoms with Gasteiger partial charge in [-0.15, -0.1) is 0 Å². The summed E-state index contributed by atoms with van der Waals surface area (Å²) in [5, 5.41) is 0. The van der Waals surface area contributed by atoms with Crippen molar-refractivity contribution in [3.8, 4) is 0 Å². The predicted molar refractivity (Wildman–Crippen MR) is 62.1 cm³/mol. The maximum atomic E-state index is 11.9. The second kappa shape index (κ2) is 4.23. The summed E-state index contributed by atoms with van der Waals surface area (Å²) in [5.41, 5.74) is 0. The van der Waals surface area contributed by atoms with Crippen LogP contribution in [0.3, 0.4) is 0 Å². The minimum atomic E-state index is -3.32. The molecule has 0 unspecified atom stereocenters. The standard InChI is InChI=1S/C10H12BrNO2S/c11-8-3-1-6-10(7-8)15(13,14)12-9-4-2-5-9/h1,3,6-7,9,12H,2,4-5H2. The summed E-state index contributed by atoms with van der Waals surface area (Å²) < 4.78 is 27.2. The summed E-state index contributed by atoms with van der Waals surface area (Å²) in [6.45, 7) is 0. The molecule has 0 amide bonds. The SMILES string of the molecule is O=S(=O)(NC1CCC1)c1cccc(Br)c1. The quantitative estimate of drug-likeness (QED) is 0.928. The van der Waals surface area contributed by atoms with Crippen LogP contribution in [-0.4, -0.2) is 14.5 Å². The largest absolute Gasteiger partial charge is 0.240 e. The van der Waals surface area contributed by atoms with Gasteiger partial charge in [-0.2, -0.15) is 0 Å². The first kappa shape index (κ1) is 11.1. The van der Waals surface area contributed by atoms with Gasteiger partial charge in [-0.25, -0.2) is 13.1 Å². The van der Waals surface area contributed by atoms with Gasteiger partial charge in [-0.1, -0.05) is 28.4 Å². The van der Waals surface area contributed by atoms with Crippen LogP contribution in [0, 0.1) is 0 Å². The van der Waals surface area contributed by atoms with Crippen LogP contribution in [0.15, 0.2) is 33.6 Å². The van der Waals surface area contributed by atoms with E-state index in [0.29, 0.717) is 4.90 Å². The highest BCUT2D eigenvalue weighted by atomic mass is 79.9. The van der Waals surface area contributed by atoms with Crippen molar-refractivity contribution in [1.82, 2.24) is 4.72 Å². The topological polar surface area (TPSA) is 46.2 Å². The molecule has 0 aliphatic heterocycles. The molecule has 1 aromatic rings. The molecular formula is C10H12BrNO2S. The maximum absolute atomic E-state index is 11.9. The van der Waals surface area contributed by atoms with Crippen LogP contribution in [0.4, 0.5) is 0 Å². The van der Waals surface area contributed by atoms with Gasteiger partial charge in [0.25, 0.3) is 0 Å². The van der Waals surface area contributed by atoms with Crippen molar-refractivity contribution in [2.75, 3.05) is 0 Å². The van der Waals surface area contributed by atoms with E-state index in [2.05, 4.69) is 20.7 Å². The molecule has 82 valence electrons. The summed E-state index contributed by atoms with van der Waals surface area (Å²) in [4.78, 5) is 0.323. The van der Waals surface area contributed by atoms with Gasteiger partial charge in [-0.3, -0.25) is 0 Å². The third kappa shape index (κ3) is 2.59. The van der Waals surface area contributed by atoms with Crippen LogP contribution in [-0.2, 0) is 10.0 Å². The number of halogens is 1. The third-order valence-corrected chi connectivity index (χ3v) is 4.54. The zero-order valence-corrected chi connectivity index (χ0v) is 10.5. The molecule has 15 heavy (non-hydrogen) atoms. The summed E-state index contributed by atoms with van der Waals surface area (Å²) in [6, 6.07) is 6.88. The van der Waals surface area contributed by atoms with E-state index in [1.54, 1.807) is 18.2 Å². The summed E-state index contributed by atoms with van der Waals surface area (Å²) in [7, 11) is -3.32. The molecule has 1 aliphatic carbocycles. The highest BCUT2D eigenvalue weighted by Gasteiger charge is 2.24. The van der Waals surface area contributed by atoms with Gasteiger partial charge in [0, 0.05) is 10.5 Å². The van der Waals surface area contributed by atoms with Gasteiger partial charge in [0.05, 0.1) is 4.90 Å². The van der Waals surface area contributed by atoms with Crippen molar-refractivity contribution in [3.05, 3.63) is 28.7 Å². The van der Waals surface area contributed by atoms with Crippen LogP contribution in [0.5, 0.6) is 0 Å². The molecular weight excluding hydrogens is 278 g/mol. The molecule has 1 fully saturated rings. The Morgan fingerprint density at radius 2 is 2.07 bits per heavy atom. The van der Waals surface area contributed by atoms with Gasteiger partial charge < -0.3 is 0 Å². The zero-order valence-electron chi connectivity index (χ0n) is 8.11. The molecule has 1 saturated carbocycles. The number of hydrogen-bond acceptors (Lipinski definition) is 2. The minimum absolute atomic E-state index is 0.133. The third-order valence-electron chi connectivity index (χ3n) is 2.53. The maximum Gasteiger partial charge on any atom is 0.240 e. The van der Waals surface area contributed by atoms with Crippen molar-refractivity contribution >= 4 is 26.0 Å². The van der Waals surface area contributed by atoms with Crippen molar-refractivity contribution in [2.24, 2.45) is 0 Å². The Balaban J connectivity index is 2.20. The molecule has 0 bridgehead atoms. The normalized spacial score (nSPS) is 17.4. The van der Waals surface area contributed by atoms with Crippen LogP contribution < -0.4 is 4.72 Å². The number of hydrogen-bond donors (Lipinski definition) is 1. The lowest BCUT2D eigenvalue weighted by Gasteiger charge is -2.26. The lowest BCUT2D eigenvalue weighted by molar-refractivity contribution is 0.383. The Kier molecular flexibility index (Phi) is 3.13. The van der Waals surface area contributed by atoms with E-state index in [0.717, 1.165) is 23.7 Å². The van der Waals surface area contributed by atoms with Gasteiger partial charge in [-0.05, 0) is 31.0 Å². The smallest absolute Gasteiger partial charge is 0.208 e. The fraction of sp³-hybridized carbons (Fsp3) is 0.400. The lowest BCUT2D eigenvalue weighted by Crippen LogP contribution is -2.39. The van der Waals surface area contributed by atoms with Crippen LogP contribution in [0.2, 0.25) is 0 Å².